The zero-order valence-corrected chi connectivity index (χ0v) is 22.0. The van der Waals surface area contributed by atoms with E-state index in [0.29, 0.717) is 24.7 Å². The van der Waals surface area contributed by atoms with Crippen molar-refractivity contribution in [1.29, 1.82) is 0 Å². The molecule has 2 amide bonds. The highest BCUT2D eigenvalue weighted by molar-refractivity contribution is 5.81. The topological polar surface area (TPSA) is 78.4 Å². The summed E-state index contributed by atoms with van der Waals surface area (Å²) in [5, 5.41) is 18.4. The molecule has 0 aromatic heterocycles. The lowest BCUT2D eigenvalue weighted by Gasteiger charge is -2.61. The molecule has 2 aromatic rings. The van der Waals surface area contributed by atoms with E-state index in [4.69, 9.17) is 0 Å². The molecule has 37 heavy (non-hydrogen) atoms. The molecular formula is C32H40N2O3. The van der Waals surface area contributed by atoms with Crippen molar-refractivity contribution >= 4 is 11.8 Å². The maximum atomic E-state index is 14.0. The van der Waals surface area contributed by atoms with Crippen molar-refractivity contribution in [2.75, 3.05) is 0 Å². The van der Waals surface area contributed by atoms with E-state index >= 15 is 0 Å². The van der Waals surface area contributed by atoms with Gasteiger partial charge in [-0.1, -0.05) is 74.5 Å². The molecule has 3 N–H and O–H groups in total. The van der Waals surface area contributed by atoms with E-state index in [1.165, 1.54) is 0 Å². The number of fused-ring (bicyclic) bond motifs is 5. The third-order valence-electron chi connectivity index (χ3n) is 10.9. The molecule has 2 aromatic carbocycles. The van der Waals surface area contributed by atoms with Crippen LogP contribution in [-0.4, -0.2) is 29.1 Å². The fourth-order valence-electron chi connectivity index (χ4n) is 9.16. The number of piperidine rings is 1. The lowest BCUT2D eigenvalue weighted by Crippen LogP contribution is -2.64. The Balaban J connectivity index is 1.26. The van der Waals surface area contributed by atoms with Crippen molar-refractivity contribution < 1.29 is 14.7 Å². The van der Waals surface area contributed by atoms with Gasteiger partial charge in [-0.25, -0.2) is 0 Å². The van der Waals surface area contributed by atoms with Crippen LogP contribution in [0.15, 0.2) is 60.7 Å². The number of benzene rings is 2. The fourth-order valence-corrected chi connectivity index (χ4v) is 9.16. The van der Waals surface area contributed by atoms with Crippen molar-refractivity contribution in [2.24, 2.45) is 34.5 Å². The maximum absolute atomic E-state index is 14.0. The first-order valence-electron chi connectivity index (χ1n) is 14.2. The van der Waals surface area contributed by atoms with Gasteiger partial charge in [0.2, 0.25) is 11.8 Å². The monoisotopic (exact) mass is 500 g/mol. The number of carbonyl (C=O) groups excluding carboxylic acids is 2. The van der Waals surface area contributed by atoms with Crippen molar-refractivity contribution in [2.45, 2.75) is 77.0 Å². The molecule has 1 saturated heterocycles. The summed E-state index contributed by atoms with van der Waals surface area (Å²) in [4.78, 5) is 26.1. The van der Waals surface area contributed by atoms with Crippen LogP contribution >= 0.6 is 0 Å². The van der Waals surface area contributed by atoms with Crippen molar-refractivity contribution in [1.82, 2.24) is 10.6 Å². The smallest absolute Gasteiger partial charge is 0.224 e. The maximum Gasteiger partial charge on any atom is 0.224 e. The number of aliphatic hydroxyl groups is 1. The van der Waals surface area contributed by atoms with E-state index in [0.717, 1.165) is 43.2 Å². The largest absolute Gasteiger partial charge is 0.393 e. The summed E-state index contributed by atoms with van der Waals surface area (Å²) in [6, 6.07) is 20.4. The third-order valence-corrected chi connectivity index (χ3v) is 10.9. The minimum atomic E-state index is -0.443. The van der Waals surface area contributed by atoms with Crippen LogP contribution in [0.25, 0.3) is 0 Å². The minimum absolute atomic E-state index is 0.0658. The highest BCUT2D eigenvalue weighted by Gasteiger charge is 2.64. The van der Waals surface area contributed by atoms with Gasteiger partial charge < -0.3 is 15.7 Å². The summed E-state index contributed by atoms with van der Waals surface area (Å²) in [5.74, 6) is 1.17. The molecule has 4 fully saturated rings. The lowest BCUT2D eigenvalue weighted by atomic mass is 9.46. The molecule has 5 nitrogen and oxygen atoms in total. The molecule has 5 heteroatoms. The van der Waals surface area contributed by atoms with Crippen molar-refractivity contribution in [3.05, 3.63) is 71.8 Å². The first-order valence-corrected chi connectivity index (χ1v) is 14.2. The van der Waals surface area contributed by atoms with Crippen LogP contribution in [0.4, 0.5) is 0 Å². The second kappa shape index (κ2) is 9.27. The van der Waals surface area contributed by atoms with Gasteiger partial charge in [0.1, 0.15) is 0 Å². The van der Waals surface area contributed by atoms with Crippen LogP contribution in [0, 0.1) is 34.5 Å². The molecule has 1 heterocycles. The number of hydrogen-bond donors (Lipinski definition) is 3. The second-order valence-electron chi connectivity index (χ2n) is 12.7. The first-order chi connectivity index (χ1) is 17.8. The van der Waals surface area contributed by atoms with E-state index < -0.39 is 6.10 Å². The number of hydrogen-bond acceptors (Lipinski definition) is 3. The van der Waals surface area contributed by atoms with Gasteiger partial charge in [-0.3, -0.25) is 9.59 Å². The van der Waals surface area contributed by atoms with Crippen LogP contribution in [-0.2, 0) is 9.59 Å². The summed E-state index contributed by atoms with van der Waals surface area (Å²) in [6.45, 7) is 4.56. The molecule has 6 rings (SSSR count). The highest BCUT2D eigenvalue weighted by Crippen LogP contribution is 2.65. The fraction of sp³-hybridized carbons (Fsp3) is 0.562. The summed E-state index contributed by atoms with van der Waals surface area (Å²) in [7, 11) is 0. The Bertz CT molecular complexity index is 1110. The Hall–Kier alpha value is -2.66. The minimum Gasteiger partial charge on any atom is -0.393 e. The summed E-state index contributed by atoms with van der Waals surface area (Å²) >= 11 is 0. The Morgan fingerprint density at radius 2 is 1.59 bits per heavy atom. The average Bonchev–Trinajstić information content (AvgIpc) is 3.25. The normalized spacial score (nSPS) is 38.8. The van der Waals surface area contributed by atoms with Crippen molar-refractivity contribution in [3.8, 4) is 0 Å². The molecular weight excluding hydrogens is 460 g/mol. The van der Waals surface area contributed by atoms with Gasteiger partial charge in [0.05, 0.1) is 12.1 Å². The van der Waals surface area contributed by atoms with Crippen LogP contribution < -0.4 is 10.6 Å². The number of aliphatic hydroxyl groups excluding tert-OH is 1. The van der Waals surface area contributed by atoms with Crippen LogP contribution in [0.2, 0.25) is 0 Å². The quantitative estimate of drug-likeness (QED) is 0.553. The molecule has 0 radical (unpaired) electrons. The predicted octanol–water partition coefficient (Wildman–Crippen LogP) is 5.00. The molecule has 4 aliphatic rings. The molecule has 196 valence electrons. The highest BCUT2D eigenvalue weighted by atomic mass is 16.3. The molecule has 3 aliphatic carbocycles. The van der Waals surface area contributed by atoms with Gasteiger partial charge in [0.15, 0.2) is 0 Å². The second-order valence-corrected chi connectivity index (χ2v) is 12.7. The number of amides is 2. The van der Waals surface area contributed by atoms with E-state index in [1.807, 2.05) is 36.4 Å². The van der Waals surface area contributed by atoms with E-state index in [1.54, 1.807) is 0 Å². The molecule has 0 bridgehead atoms. The number of nitrogens with one attached hydrogen (secondary N) is 2. The third kappa shape index (κ3) is 4.01. The average molecular weight is 501 g/mol. The number of carbonyl (C=O) groups is 2. The Labute approximate surface area is 220 Å². The Morgan fingerprint density at radius 3 is 2.24 bits per heavy atom. The number of rotatable bonds is 4. The summed E-state index contributed by atoms with van der Waals surface area (Å²) < 4.78 is 0. The standard InChI is InChI=1S/C32H40N2O3/c1-31-18-17-27(36)33-26(31)16-13-22-23-14-15-24(32(23,2)19-25(35)28(22)31)30(37)34-29(20-9-5-3-6-10-20)21-11-7-4-8-12-21/h3-12,22-26,28-29,35H,13-19H2,1-2H3,(H,33,36)(H,34,37)/t22-,23-,24+,25-,26+,28+,31-,32-/m0/s1. The summed E-state index contributed by atoms with van der Waals surface area (Å²) in [5.41, 5.74) is 1.88. The first kappa shape index (κ1) is 24.7. The zero-order chi connectivity index (χ0) is 25.8. The van der Waals surface area contributed by atoms with Gasteiger partial charge in [-0.05, 0) is 78.2 Å². The summed E-state index contributed by atoms with van der Waals surface area (Å²) in [6.07, 6.45) is 5.53. The van der Waals surface area contributed by atoms with Gasteiger partial charge in [0.25, 0.3) is 0 Å². The molecule has 8 atom stereocenters. The molecule has 0 spiro atoms. The zero-order valence-electron chi connectivity index (χ0n) is 22.0. The van der Waals surface area contributed by atoms with Crippen LogP contribution in [0.5, 0.6) is 0 Å². The molecule has 1 aliphatic heterocycles. The van der Waals surface area contributed by atoms with Gasteiger partial charge in [0, 0.05) is 18.4 Å². The lowest BCUT2D eigenvalue weighted by molar-refractivity contribution is -0.167. The van der Waals surface area contributed by atoms with E-state index in [2.05, 4.69) is 48.7 Å². The van der Waals surface area contributed by atoms with Gasteiger partial charge in [-0.2, -0.15) is 0 Å². The molecule has 3 saturated carbocycles. The van der Waals surface area contributed by atoms with E-state index in [9.17, 15) is 14.7 Å². The Kier molecular flexibility index (Phi) is 6.18. The SMILES string of the molecule is C[C@]12CCC(=O)N[C@@H]1CC[C@@H]1[C@@H]2[C@@H](O)C[C@]2(C)[C@@H](C(=O)NC(c3ccccc3)c3ccccc3)CC[C@@H]12. The predicted molar refractivity (Wildman–Crippen MR) is 143 cm³/mol. The van der Waals surface area contributed by atoms with Crippen LogP contribution in [0.1, 0.15) is 76.0 Å². The van der Waals surface area contributed by atoms with E-state index in [-0.39, 0.29) is 46.6 Å². The van der Waals surface area contributed by atoms with Crippen LogP contribution in [0.3, 0.4) is 0 Å². The Morgan fingerprint density at radius 1 is 0.946 bits per heavy atom. The molecule has 0 unspecified atom stereocenters. The van der Waals surface area contributed by atoms with Gasteiger partial charge >= 0.3 is 0 Å². The van der Waals surface area contributed by atoms with Crippen molar-refractivity contribution in [3.63, 3.8) is 0 Å². The van der Waals surface area contributed by atoms with Gasteiger partial charge in [-0.15, -0.1) is 0 Å².